The number of aryl methyl sites for hydroxylation is 2. The lowest BCUT2D eigenvalue weighted by molar-refractivity contribution is 0.110. The average Bonchev–Trinajstić information content (AvgIpc) is 2.92. The smallest absolute Gasteiger partial charge is 0.119 e. The lowest BCUT2D eigenvalue weighted by Gasteiger charge is -2.31. The third kappa shape index (κ3) is 4.45. The molecule has 1 aromatic rings. The van der Waals surface area contributed by atoms with Gasteiger partial charge in [0.25, 0.3) is 0 Å². The summed E-state index contributed by atoms with van der Waals surface area (Å²) in [4.78, 5) is 0. The molecule has 2 atom stereocenters. The van der Waals surface area contributed by atoms with E-state index >= 15 is 0 Å². The predicted octanol–water partition coefficient (Wildman–Crippen LogP) is 3.08. The zero-order valence-corrected chi connectivity index (χ0v) is 13.6. The van der Waals surface area contributed by atoms with Crippen LogP contribution in [0.15, 0.2) is 18.2 Å². The van der Waals surface area contributed by atoms with Gasteiger partial charge in [0.2, 0.25) is 0 Å². The number of ether oxygens (including phenoxy) is 1. The average molecular weight is 291 g/mol. The highest BCUT2D eigenvalue weighted by molar-refractivity contribution is 5.38. The van der Waals surface area contributed by atoms with Gasteiger partial charge in [0.1, 0.15) is 5.75 Å². The summed E-state index contributed by atoms with van der Waals surface area (Å²) in [5, 5.41) is 13.1. The lowest BCUT2D eigenvalue weighted by atomic mass is 9.95. The van der Waals surface area contributed by atoms with E-state index in [1.165, 1.54) is 30.4 Å². The zero-order chi connectivity index (χ0) is 15.3. The third-order valence-corrected chi connectivity index (χ3v) is 4.30. The summed E-state index contributed by atoms with van der Waals surface area (Å²) >= 11 is 0. The molecule has 0 aliphatic heterocycles. The van der Waals surface area contributed by atoms with Gasteiger partial charge in [-0.1, -0.05) is 13.0 Å². The van der Waals surface area contributed by atoms with E-state index in [2.05, 4.69) is 44.3 Å². The van der Waals surface area contributed by atoms with Crippen molar-refractivity contribution < 1.29 is 9.84 Å². The minimum absolute atomic E-state index is 0.0750. The molecule has 0 aromatic heterocycles. The summed E-state index contributed by atoms with van der Waals surface area (Å²) in [7, 11) is 0. The number of aliphatic hydroxyl groups is 1. The molecule has 0 fully saturated rings. The minimum Gasteiger partial charge on any atom is -0.491 e. The molecule has 3 heteroatoms. The molecule has 2 rings (SSSR count). The lowest BCUT2D eigenvalue weighted by Crippen LogP contribution is -2.48. The van der Waals surface area contributed by atoms with Crippen LogP contribution in [0.3, 0.4) is 0 Å². The predicted molar refractivity (Wildman–Crippen MR) is 87.0 cm³/mol. The van der Waals surface area contributed by atoms with Gasteiger partial charge in [0.15, 0.2) is 0 Å². The van der Waals surface area contributed by atoms with E-state index in [1.807, 2.05) is 0 Å². The summed E-state index contributed by atoms with van der Waals surface area (Å²) in [6.45, 7) is 7.32. The molecule has 0 radical (unpaired) electrons. The molecule has 1 aliphatic rings. The molecule has 0 spiro atoms. The maximum atomic E-state index is 9.64. The van der Waals surface area contributed by atoms with Crippen LogP contribution in [0.1, 0.15) is 51.2 Å². The highest BCUT2D eigenvalue weighted by atomic mass is 16.5. The third-order valence-electron chi connectivity index (χ3n) is 4.30. The maximum Gasteiger partial charge on any atom is 0.119 e. The van der Waals surface area contributed by atoms with E-state index < -0.39 is 0 Å². The van der Waals surface area contributed by atoms with Gasteiger partial charge >= 0.3 is 0 Å². The van der Waals surface area contributed by atoms with E-state index in [0.717, 1.165) is 25.1 Å². The molecule has 0 saturated heterocycles. The van der Waals surface area contributed by atoms with Crippen molar-refractivity contribution in [1.82, 2.24) is 5.32 Å². The normalized spacial score (nSPS) is 18.1. The van der Waals surface area contributed by atoms with Crippen molar-refractivity contribution in [2.24, 2.45) is 0 Å². The standard InChI is InChI=1S/C18H29NO2/c1-4-10-19-18(3,13-20)12-14(2)21-17-9-8-15-6-5-7-16(15)11-17/h8-9,11,14,19-20H,4-7,10,12-13H2,1-3H3. The first kappa shape index (κ1) is 16.3. The Kier molecular flexibility index (Phi) is 5.65. The molecule has 118 valence electrons. The highest BCUT2D eigenvalue weighted by Gasteiger charge is 2.26. The molecule has 0 bridgehead atoms. The Morgan fingerprint density at radius 1 is 1.33 bits per heavy atom. The first-order valence-corrected chi connectivity index (χ1v) is 8.20. The summed E-state index contributed by atoms with van der Waals surface area (Å²) in [5.41, 5.74) is 2.64. The Labute approximate surface area is 128 Å². The van der Waals surface area contributed by atoms with Crippen LogP contribution >= 0.6 is 0 Å². The van der Waals surface area contributed by atoms with Crippen molar-refractivity contribution in [3.63, 3.8) is 0 Å². The molecule has 0 saturated carbocycles. The Balaban J connectivity index is 1.92. The molecule has 2 unspecified atom stereocenters. The molecular formula is C18H29NO2. The van der Waals surface area contributed by atoms with Crippen molar-refractivity contribution in [3.05, 3.63) is 29.3 Å². The van der Waals surface area contributed by atoms with Crippen molar-refractivity contribution in [1.29, 1.82) is 0 Å². The van der Waals surface area contributed by atoms with E-state index in [1.54, 1.807) is 0 Å². The van der Waals surface area contributed by atoms with E-state index in [-0.39, 0.29) is 18.2 Å². The van der Waals surface area contributed by atoms with Gasteiger partial charge in [-0.3, -0.25) is 0 Å². The van der Waals surface area contributed by atoms with Crippen molar-refractivity contribution in [3.8, 4) is 5.75 Å². The SMILES string of the molecule is CCCNC(C)(CO)CC(C)Oc1ccc2c(c1)CCC2. The number of nitrogens with one attached hydrogen (secondary N) is 1. The second-order valence-electron chi connectivity index (χ2n) is 6.56. The quantitative estimate of drug-likeness (QED) is 0.773. The zero-order valence-electron chi connectivity index (χ0n) is 13.6. The van der Waals surface area contributed by atoms with Crippen LogP contribution in [0, 0.1) is 0 Å². The Morgan fingerprint density at radius 2 is 2.10 bits per heavy atom. The van der Waals surface area contributed by atoms with Gasteiger partial charge < -0.3 is 15.2 Å². The van der Waals surface area contributed by atoms with Crippen LogP contribution in [0.5, 0.6) is 5.75 Å². The van der Waals surface area contributed by atoms with Gasteiger partial charge in [-0.15, -0.1) is 0 Å². The van der Waals surface area contributed by atoms with E-state index in [9.17, 15) is 5.11 Å². The van der Waals surface area contributed by atoms with E-state index in [0.29, 0.717) is 0 Å². The van der Waals surface area contributed by atoms with Crippen LogP contribution in [0.2, 0.25) is 0 Å². The molecule has 3 nitrogen and oxygen atoms in total. The van der Waals surface area contributed by atoms with Crippen LogP contribution < -0.4 is 10.1 Å². The van der Waals surface area contributed by atoms with Crippen molar-refractivity contribution in [2.45, 2.75) is 64.5 Å². The molecule has 0 amide bonds. The Hall–Kier alpha value is -1.06. The fraction of sp³-hybridized carbons (Fsp3) is 0.667. The maximum absolute atomic E-state index is 9.64. The fourth-order valence-corrected chi connectivity index (χ4v) is 3.15. The van der Waals surface area contributed by atoms with E-state index in [4.69, 9.17) is 4.74 Å². The highest BCUT2D eigenvalue weighted by Crippen LogP contribution is 2.27. The van der Waals surface area contributed by atoms with Crippen molar-refractivity contribution in [2.75, 3.05) is 13.2 Å². The number of hydrogen-bond donors (Lipinski definition) is 2. The van der Waals surface area contributed by atoms with Gasteiger partial charge in [0, 0.05) is 12.0 Å². The monoisotopic (exact) mass is 291 g/mol. The summed E-state index contributed by atoms with van der Waals surface area (Å²) in [6, 6.07) is 6.47. The van der Waals surface area contributed by atoms with Gasteiger partial charge in [-0.25, -0.2) is 0 Å². The molecule has 0 heterocycles. The number of fused-ring (bicyclic) bond motifs is 1. The molecule has 1 aromatic carbocycles. The minimum atomic E-state index is -0.272. The summed E-state index contributed by atoms with van der Waals surface area (Å²) in [5.74, 6) is 0.957. The topological polar surface area (TPSA) is 41.5 Å². The van der Waals surface area contributed by atoms with Gasteiger partial charge in [-0.2, -0.15) is 0 Å². The fourth-order valence-electron chi connectivity index (χ4n) is 3.15. The molecular weight excluding hydrogens is 262 g/mol. The Morgan fingerprint density at radius 3 is 2.81 bits per heavy atom. The number of rotatable bonds is 8. The van der Waals surface area contributed by atoms with Gasteiger partial charge in [-0.05, 0) is 69.3 Å². The molecule has 21 heavy (non-hydrogen) atoms. The first-order chi connectivity index (χ1) is 10.1. The largest absolute Gasteiger partial charge is 0.491 e. The molecule has 1 aliphatic carbocycles. The second kappa shape index (κ2) is 7.28. The molecule has 2 N–H and O–H groups in total. The van der Waals surface area contributed by atoms with Crippen LogP contribution in [0.4, 0.5) is 0 Å². The van der Waals surface area contributed by atoms with Crippen LogP contribution in [0.25, 0.3) is 0 Å². The number of benzene rings is 1. The number of hydrogen-bond acceptors (Lipinski definition) is 3. The first-order valence-electron chi connectivity index (χ1n) is 8.20. The summed E-state index contributed by atoms with van der Waals surface area (Å²) in [6.07, 6.45) is 5.57. The van der Waals surface area contributed by atoms with Gasteiger partial charge in [0.05, 0.1) is 12.7 Å². The van der Waals surface area contributed by atoms with Crippen LogP contribution in [-0.2, 0) is 12.8 Å². The summed E-state index contributed by atoms with van der Waals surface area (Å²) < 4.78 is 6.07. The van der Waals surface area contributed by atoms with Crippen LogP contribution in [-0.4, -0.2) is 29.9 Å². The van der Waals surface area contributed by atoms with Crippen molar-refractivity contribution >= 4 is 0 Å². The second-order valence-corrected chi connectivity index (χ2v) is 6.56. The number of aliphatic hydroxyl groups excluding tert-OH is 1. The Bertz CT molecular complexity index is 461.